The van der Waals surface area contributed by atoms with E-state index in [1.165, 1.54) is 7.05 Å². The van der Waals surface area contributed by atoms with E-state index in [0.717, 1.165) is 35.7 Å². The molecule has 0 unspecified atom stereocenters. The molecule has 0 atom stereocenters. The molecule has 1 aliphatic rings. The maximum absolute atomic E-state index is 14.0. The summed E-state index contributed by atoms with van der Waals surface area (Å²) in [7, 11) is -2.61. The molecule has 0 aliphatic heterocycles. The fourth-order valence-corrected chi connectivity index (χ4v) is 3.53. The lowest BCUT2D eigenvalue weighted by Crippen LogP contribution is -2.41. The van der Waals surface area contributed by atoms with Crippen molar-refractivity contribution in [1.82, 2.24) is 4.31 Å². The molecule has 2 rings (SSSR count). The number of nitrogens with zero attached hydrogens (tertiary/aromatic N) is 1. The average Bonchev–Trinajstić information content (AvgIpc) is 2.26. The third kappa shape index (κ3) is 2.37. The van der Waals surface area contributed by atoms with Crippen LogP contribution in [0.25, 0.3) is 0 Å². The number of hydrogen-bond acceptors (Lipinski definition) is 3. The average molecular weight is 291 g/mol. The normalized spacial score (nSPS) is 16.7. The van der Waals surface area contributed by atoms with Crippen molar-refractivity contribution in [3.63, 3.8) is 0 Å². The summed E-state index contributed by atoms with van der Waals surface area (Å²) in [6.07, 6.45) is 2.43. The minimum absolute atomic E-state index is 0.132. The molecule has 1 saturated carbocycles. The van der Waals surface area contributed by atoms with Gasteiger partial charge in [0.2, 0.25) is 10.0 Å². The van der Waals surface area contributed by atoms with Gasteiger partial charge in [-0.25, -0.2) is 17.2 Å². The minimum atomic E-state index is -4.00. The predicted octanol–water partition coefficient (Wildman–Crippen LogP) is 1.63. The molecule has 1 aromatic carbocycles. The summed E-state index contributed by atoms with van der Waals surface area (Å²) in [5, 5.41) is 8.91. The molecule has 4 nitrogen and oxygen atoms in total. The fraction of sp³-hybridized carbons (Fsp3) is 0.500. The summed E-state index contributed by atoms with van der Waals surface area (Å²) in [6.45, 7) is -0.881. The van der Waals surface area contributed by atoms with Gasteiger partial charge in [-0.1, -0.05) is 6.42 Å². The summed E-state index contributed by atoms with van der Waals surface area (Å²) in [4.78, 5) is -0.590. The van der Waals surface area contributed by atoms with Gasteiger partial charge in [0.05, 0.1) is 12.2 Å². The van der Waals surface area contributed by atoms with Crippen molar-refractivity contribution < 1.29 is 22.3 Å². The molecule has 0 spiro atoms. The van der Waals surface area contributed by atoms with Crippen molar-refractivity contribution >= 4 is 10.0 Å². The Kier molecular flexibility index (Phi) is 3.89. The Balaban J connectivity index is 2.46. The van der Waals surface area contributed by atoms with Crippen LogP contribution < -0.4 is 0 Å². The zero-order valence-electron chi connectivity index (χ0n) is 10.4. The molecule has 0 amide bonds. The highest BCUT2D eigenvalue weighted by atomic mass is 32.2. The van der Waals surface area contributed by atoms with Crippen LogP contribution in [0, 0.1) is 11.6 Å². The first-order valence-corrected chi connectivity index (χ1v) is 7.39. The van der Waals surface area contributed by atoms with Crippen LogP contribution in [-0.4, -0.2) is 30.9 Å². The first kappa shape index (κ1) is 14.4. The smallest absolute Gasteiger partial charge is 0.245 e. The summed E-state index contributed by atoms with van der Waals surface area (Å²) in [5.74, 6) is -2.17. The fourth-order valence-electron chi connectivity index (χ4n) is 2.02. The van der Waals surface area contributed by atoms with Crippen LogP contribution in [-0.2, 0) is 16.6 Å². The van der Waals surface area contributed by atoms with Crippen LogP contribution in [0.1, 0.15) is 24.8 Å². The Bertz CT molecular complexity index is 585. The third-order valence-electron chi connectivity index (χ3n) is 3.55. The molecule has 1 fully saturated rings. The quantitative estimate of drug-likeness (QED) is 0.917. The van der Waals surface area contributed by atoms with Gasteiger partial charge >= 0.3 is 0 Å². The van der Waals surface area contributed by atoms with Gasteiger partial charge in [-0.3, -0.25) is 0 Å². The van der Waals surface area contributed by atoms with Gasteiger partial charge in [-0.05, 0) is 25.0 Å². The lowest BCUT2D eigenvalue weighted by atomic mass is 9.94. The van der Waals surface area contributed by atoms with E-state index in [-0.39, 0.29) is 6.04 Å². The van der Waals surface area contributed by atoms with E-state index < -0.39 is 38.7 Å². The van der Waals surface area contributed by atoms with Crippen LogP contribution in [0.15, 0.2) is 17.0 Å². The molecular weight excluding hydrogens is 276 g/mol. The summed E-state index contributed by atoms with van der Waals surface area (Å²) >= 11 is 0. The second-order valence-electron chi connectivity index (χ2n) is 4.60. The van der Waals surface area contributed by atoms with E-state index in [1.54, 1.807) is 0 Å². The maximum atomic E-state index is 14.0. The number of aliphatic hydroxyl groups excluding tert-OH is 1. The van der Waals surface area contributed by atoms with Crippen molar-refractivity contribution in [2.75, 3.05) is 7.05 Å². The SMILES string of the molecule is CN(C1CCC1)S(=O)(=O)c1ccc(F)c(CO)c1F. The van der Waals surface area contributed by atoms with Crippen LogP contribution in [0.2, 0.25) is 0 Å². The van der Waals surface area contributed by atoms with Gasteiger partial charge < -0.3 is 5.11 Å². The molecule has 1 aliphatic carbocycles. The lowest BCUT2D eigenvalue weighted by molar-refractivity contribution is 0.248. The molecular formula is C12H15F2NO3S. The third-order valence-corrected chi connectivity index (χ3v) is 5.48. The predicted molar refractivity (Wildman–Crippen MR) is 64.9 cm³/mol. The molecule has 7 heteroatoms. The van der Waals surface area contributed by atoms with E-state index in [4.69, 9.17) is 5.11 Å². The van der Waals surface area contributed by atoms with Gasteiger partial charge in [-0.2, -0.15) is 4.31 Å². The summed E-state index contributed by atoms with van der Waals surface area (Å²) < 4.78 is 52.8. The highest BCUT2D eigenvalue weighted by Gasteiger charge is 2.34. The number of benzene rings is 1. The second kappa shape index (κ2) is 5.15. The van der Waals surface area contributed by atoms with E-state index in [1.807, 2.05) is 0 Å². The molecule has 0 radical (unpaired) electrons. The van der Waals surface area contributed by atoms with Gasteiger partial charge in [0.15, 0.2) is 5.82 Å². The first-order chi connectivity index (χ1) is 8.89. The first-order valence-electron chi connectivity index (χ1n) is 5.95. The molecule has 1 N–H and O–H groups in total. The van der Waals surface area contributed by atoms with Crippen molar-refractivity contribution in [1.29, 1.82) is 0 Å². The number of sulfonamides is 1. The second-order valence-corrected chi connectivity index (χ2v) is 6.57. The van der Waals surface area contributed by atoms with E-state index >= 15 is 0 Å². The standard InChI is InChI=1S/C12H15F2NO3S/c1-15(8-3-2-4-8)19(17,18)11-6-5-10(13)9(7-16)12(11)14/h5-6,8,16H,2-4,7H2,1H3. The van der Waals surface area contributed by atoms with E-state index in [2.05, 4.69) is 0 Å². The Labute approximate surface area is 110 Å². The van der Waals surface area contributed by atoms with Gasteiger partial charge in [0.25, 0.3) is 0 Å². The highest BCUT2D eigenvalue weighted by Crippen LogP contribution is 2.30. The Morgan fingerprint density at radius 1 is 1.37 bits per heavy atom. The van der Waals surface area contributed by atoms with Crippen LogP contribution in [0.4, 0.5) is 8.78 Å². The van der Waals surface area contributed by atoms with Crippen molar-refractivity contribution in [2.45, 2.75) is 36.8 Å². The molecule has 106 valence electrons. The van der Waals surface area contributed by atoms with Crippen LogP contribution >= 0.6 is 0 Å². The number of rotatable bonds is 4. The summed E-state index contributed by atoms with van der Waals surface area (Å²) in [5.41, 5.74) is -0.622. The number of aliphatic hydroxyl groups is 1. The monoisotopic (exact) mass is 291 g/mol. The highest BCUT2D eigenvalue weighted by molar-refractivity contribution is 7.89. The van der Waals surface area contributed by atoms with Crippen molar-refractivity contribution in [3.05, 3.63) is 29.3 Å². The largest absolute Gasteiger partial charge is 0.391 e. The van der Waals surface area contributed by atoms with E-state index in [0.29, 0.717) is 0 Å². The van der Waals surface area contributed by atoms with Crippen molar-refractivity contribution in [2.24, 2.45) is 0 Å². The summed E-state index contributed by atoms with van der Waals surface area (Å²) in [6, 6.07) is 1.62. The maximum Gasteiger partial charge on any atom is 0.245 e. The van der Waals surface area contributed by atoms with Gasteiger partial charge in [0, 0.05) is 13.1 Å². The zero-order valence-corrected chi connectivity index (χ0v) is 11.3. The zero-order chi connectivity index (χ0) is 14.2. The molecule has 0 aromatic heterocycles. The number of halogens is 2. The molecule has 0 heterocycles. The lowest BCUT2D eigenvalue weighted by Gasteiger charge is -2.33. The molecule has 1 aromatic rings. The molecule has 0 saturated heterocycles. The van der Waals surface area contributed by atoms with Gasteiger partial charge in [0.1, 0.15) is 10.7 Å². The molecule has 0 bridgehead atoms. The van der Waals surface area contributed by atoms with E-state index in [9.17, 15) is 17.2 Å². The minimum Gasteiger partial charge on any atom is -0.391 e. The van der Waals surface area contributed by atoms with Crippen molar-refractivity contribution in [3.8, 4) is 0 Å². The Morgan fingerprint density at radius 3 is 2.47 bits per heavy atom. The van der Waals surface area contributed by atoms with Crippen LogP contribution in [0.5, 0.6) is 0 Å². The Morgan fingerprint density at radius 2 is 2.00 bits per heavy atom. The topological polar surface area (TPSA) is 57.6 Å². The number of hydrogen-bond donors (Lipinski definition) is 1. The molecule has 19 heavy (non-hydrogen) atoms. The van der Waals surface area contributed by atoms with Crippen LogP contribution in [0.3, 0.4) is 0 Å². The Hall–Kier alpha value is -1.05. The van der Waals surface area contributed by atoms with Gasteiger partial charge in [-0.15, -0.1) is 0 Å².